The Hall–Kier alpha value is -2.41. The Labute approximate surface area is 137 Å². The van der Waals surface area contributed by atoms with Gasteiger partial charge in [-0.2, -0.15) is 5.10 Å². The Morgan fingerprint density at radius 2 is 1.57 bits per heavy atom. The van der Waals surface area contributed by atoms with Crippen molar-refractivity contribution in [3.8, 4) is 16.9 Å². The fourth-order valence-corrected chi connectivity index (χ4v) is 2.73. The number of benzene rings is 2. The molecular formula is C16H8BrF3N2O. The number of halogens is 4. The molecular weight excluding hydrogens is 373 g/mol. The van der Waals surface area contributed by atoms with Gasteiger partial charge in [-0.25, -0.2) is 17.9 Å². The van der Waals surface area contributed by atoms with Crippen LogP contribution < -0.4 is 0 Å². The Bertz CT molecular complexity index is 871. The van der Waals surface area contributed by atoms with Crippen LogP contribution in [0.25, 0.3) is 16.9 Å². The molecule has 7 heteroatoms. The van der Waals surface area contributed by atoms with E-state index in [1.165, 1.54) is 28.9 Å². The molecule has 2 aromatic carbocycles. The normalized spacial score (nSPS) is 10.8. The molecule has 3 rings (SSSR count). The molecule has 0 atom stereocenters. The van der Waals surface area contributed by atoms with Crippen LogP contribution in [0.3, 0.4) is 0 Å². The average Bonchev–Trinajstić information content (AvgIpc) is 2.84. The highest BCUT2D eigenvalue weighted by Crippen LogP contribution is 2.30. The van der Waals surface area contributed by atoms with Crippen molar-refractivity contribution in [2.75, 3.05) is 0 Å². The first-order valence-electron chi connectivity index (χ1n) is 6.45. The van der Waals surface area contributed by atoms with Crippen molar-refractivity contribution in [1.82, 2.24) is 9.78 Å². The molecule has 0 radical (unpaired) electrons. The predicted octanol–water partition coefficient (Wildman–Crippen LogP) is 4.53. The maximum Gasteiger partial charge on any atom is 0.155 e. The van der Waals surface area contributed by atoms with E-state index in [-0.39, 0.29) is 21.5 Å². The van der Waals surface area contributed by atoms with Crippen molar-refractivity contribution >= 4 is 22.2 Å². The van der Waals surface area contributed by atoms with Crippen LogP contribution in [0.4, 0.5) is 13.2 Å². The largest absolute Gasteiger partial charge is 0.298 e. The fraction of sp³-hybridized carbons (Fsp3) is 0. The lowest BCUT2D eigenvalue weighted by molar-refractivity contribution is 0.112. The highest BCUT2D eigenvalue weighted by Gasteiger charge is 2.19. The monoisotopic (exact) mass is 380 g/mol. The van der Waals surface area contributed by atoms with E-state index in [0.717, 1.165) is 18.2 Å². The van der Waals surface area contributed by atoms with E-state index in [1.54, 1.807) is 0 Å². The summed E-state index contributed by atoms with van der Waals surface area (Å²) < 4.78 is 41.3. The second-order valence-electron chi connectivity index (χ2n) is 4.72. The molecule has 116 valence electrons. The van der Waals surface area contributed by atoms with Gasteiger partial charge in [0.15, 0.2) is 6.29 Å². The van der Waals surface area contributed by atoms with Gasteiger partial charge in [-0.1, -0.05) is 0 Å². The van der Waals surface area contributed by atoms with Crippen molar-refractivity contribution in [2.45, 2.75) is 0 Å². The second kappa shape index (κ2) is 6.00. The lowest BCUT2D eigenvalue weighted by atomic mass is 10.1. The number of aromatic nitrogens is 2. The molecule has 0 N–H and O–H groups in total. The summed E-state index contributed by atoms with van der Waals surface area (Å²) in [7, 11) is 0. The summed E-state index contributed by atoms with van der Waals surface area (Å²) in [6.45, 7) is 0. The fourth-order valence-electron chi connectivity index (χ4n) is 2.17. The van der Waals surface area contributed by atoms with Crippen LogP contribution in [0, 0.1) is 17.5 Å². The quantitative estimate of drug-likeness (QED) is 0.625. The zero-order chi connectivity index (χ0) is 16.6. The number of rotatable bonds is 3. The van der Waals surface area contributed by atoms with Crippen molar-refractivity contribution in [3.63, 3.8) is 0 Å². The number of hydrogen-bond acceptors (Lipinski definition) is 2. The summed E-state index contributed by atoms with van der Waals surface area (Å²) in [6, 6.07) is 8.31. The first kappa shape index (κ1) is 15.5. The van der Waals surface area contributed by atoms with E-state index in [2.05, 4.69) is 21.0 Å². The van der Waals surface area contributed by atoms with Crippen LogP contribution in [0.2, 0.25) is 0 Å². The third-order valence-electron chi connectivity index (χ3n) is 3.19. The van der Waals surface area contributed by atoms with Crippen LogP contribution in [-0.2, 0) is 0 Å². The SMILES string of the molecule is O=Cc1c(-c2ccc(F)cc2)nn(-c2cc(F)cc(F)c2)c1Br. The van der Waals surface area contributed by atoms with Crippen molar-refractivity contribution < 1.29 is 18.0 Å². The van der Waals surface area contributed by atoms with Crippen LogP contribution in [0.15, 0.2) is 47.1 Å². The topological polar surface area (TPSA) is 34.9 Å². The molecule has 0 amide bonds. The average molecular weight is 381 g/mol. The number of aldehydes is 1. The number of hydrogen-bond donors (Lipinski definition) is 0. The Kier molecular flexibility index (Phi) is 4.04. The standard InChI is InChI=1S/C16H8BrF3N2O/c17-16-14(8-23)15(9-1-3-10(18)4-2-9)21-22(16)13-6-11(19)5-12(20)7-13/h1-8H. The molecule has 0 aliphatic heterocycles. The first-order valence-corrected chi connectivity index (χ1v) is 7.25. The van der Waals surface area contributed by atoms with Gasteiger partial charge in [-0.15, -0.1) is 0 Å². The third kappa shape index (κ3) is 2.92. The predicted molar refractivity (Wildman–Crippen MR) is 82.0 cm³/mol. The smallest absolute Gasteiger partial charge is 0.155 e. The van der Waals surface area contributed by atoms with Gasteiger partial charge in [0.05, 0.1) is 11.3 Å². The van der Waals surface area contributed by atoms with E-state index < -0.39 is 17.5 Å². The molecule has 0 aliphatic rings. The van der Waals surface area contributed by atoms with Gasteiger partial charge < -0.3 is 0 Å². The minimum atomic E-state index is -0.765. The maximum atomic E-state index is 13.4. The van der Waals surface area contributed by atoms with Crippen LogP contribution >= 0.6 is 15.9 Å². The lowest BCUT2D eigenvalue weighted by Crippen LogP contribution is -1.99. The highest BCUT2D eigenvalue weighted by molar-refractivity contribution is 9.10. The molecule has 23 heavy (non-hydrogen) atoms. The highest BCUT2D eigenvalue weighted by atomic mass is 79.9. The molecule has 0 saturated carbocycles. The minimum Gasteiger partial charge on any atom is -0.298 e. The van der Waals surface area contributed by atoms with E-state index in [4.69, 9.17) is 0 Å². The number of nitrogens with zero attached hydrogens (tertiary/aromatic N) is 2. The molecule has 3 nitrogen and oxygen atoms in total. The van der Waals surface area contributed by atoms with Crippen molar-refractivity contribution in [1.29, 1.82) is 0 Å². The zero-order valence-electron chi connectivity index (χ0n) is 11.4. The lowest BCUT2D eigenvalue weighted by Gasteiger charge is -2.03. The molecule has 0 aliphatic carbocycles. The second-order valence-corrected chi connectivity index (χ2v) is 5.47. The number of carbonyl (C=O) groups excluding carboxylic acids is 1. The molecule has 0 fully saturated rings. The van der Waals surface area contributed by atoms with Gasteiger partial charge in [0, 0.05) is 11.6 Å². The van der Waals surface area contributed by atoms with Gasteiger partial charge in [0.2, 0.25) is 0 Å². The van der Waals surface area contributed by atoms with E-state index in [1.807, 2.05) is 0 Å². The van der Waals surface area contributed by atoms with Crippen LogP contribution in [0.1, 0.15) is 10.4 Å². The van der Waals surface area contributed by atoms with Gasteiger partial charge in [-0.3, -0.25) is 4.79 Å². The van der Waals surface area contributed by atoms with Crippen molar-refractivity contribution in [3.05, 3.63) is 70.1 Å². The Morgan fingerprint density at radius 3 is 2.13 bits per heavy atom. The Balaban J connectivity index is 2.20. The van der Waals surface area contributed by atoms with Gasteiger partial charge >= 0.3 is 0 Å². The van der Waals surface area contributed by atoms with Crippen LogP contribution in [-0.4, -0.2) is 16.1 Å². The van der Waals surface area contributed by atoms with Gasteiger partial charge in [0.1, 0.15) is 27.7 Å². The number of carbonyl (C=O) groups is 1. The first-order chi connectivity index (χ1) is 11.0. The van der Waals surface area contributed by atoms with E-state index >= 15 is 0 Å². The summed E-state index contributed by atoms with van der Waals surface area (Å²) in [5.74, 6) is -1.95. The molecule has 0 spiro atoms. The maximum absolute atomic E-state index is 13.4. The molecule has 0 bridgehead atoms. The summed E-state index contributed by atoms with van der Waals surface area (Å²) >= 11 is 3.21. The molecule has 3 aromatic rings. The van der Waals surface area contributed by atoms with Gasteiger partial charge in [-0.05, 0) is 52.3 Å². The zero-order valence-corrected chi connectivity index (χ0v) is 13.0. The van der Waals surface area contributed by atoms with E-state index in [0.29, 0.717) is 11.8 Å². The molecule has 0 unspecified atom stereocenters. The molecule has 1 heterocycles. The minimum absolute atomic E-state index is 0.117. The molecule has 1 aromatic heterocycles. The van der Waals surface area contributed by atoms with Crippen molar-refractivity contribution in [2.24, 2.45) is 0 Å². The summed E-state index contributed by atoms with van der Waals surface area (Å²) in [6.07, 6.45) is 0.571. The third-order valence-corrected chi connectivity index (χ3v) is 3.95. The summed E-state index contributed by atoms with van der Waals surface area (Å²) in [4.78, 5) is 11.4. The van der Waals surface area contributed by atoms with E-state index in [9.17, 15) is 18.0 Å². The molecule has 0 saturated heterocycles. The van der Waals surface area contributed by atoms with Gasteiger partial charge in [0.25, 0.3) is 0 Å². The summed E-state index contributed by atoms with van der Waals surface area (Å²) in [5, 5.41) is 4.22. The van der Waals surface area contributed by atoms with Crippen LogP contribution in [0.5, 0.6) is 0 Å². The Morgan fingerprint density at radius 1 is 0.957 bits per heavy atom. The summed E-state index contributed by atoms with van der Waals surface area (Å²) in [5.41, 5.74) is 1.09.